The van der Waals surface area contributed by atoms with E-state index in [1.807, 2.05) is 16.9 Å². The zero-order valence-electron chi connectivity index (χ0n) is 14.1. The molecule has 24 heavy (non-hydrogen) atoms. The van der Waals surface area contributed by atoms with Crippen LogP contribution in [0.2, 0.25) is 0 Å². The predicted octanol–water partition coefficient (Wildman–Crippen LogP) is 1.02. The molecule has 0 aromatic carbocycles. The molecular formula is C17H21N7. The summed E-state index contributed by atoms with van der Waals surface area (Å²) in [6.45, 7) is 1.62. The van der Waals surface area contributed by atoms with Gasteiger partial charge in [0.25, 0.3) is 0 Å². The van der Waals surface area contributed by atoms with Crippen LogP contribution in [0.1, 0.15) is 29.3 Å². The number of fused-ring (bicyclic) bond motifs is 1. The molecule has 2 atom stereocenters. The largest absolute Gasteiger partial charge is 0.352 e. The minimum Gasteiger partial charge on any atom is -0.352 e. The second-order valence-electron chi connectivity index (χ2n) is 6.82. The van der Waals surface area contributed by atoms with Crippen LogP contribution in [-0.4, -0.2) is 58.1 Å². The second-order valence-corrected chi connectivity index (χ2v) is 6.82. The summed E-state index contributed by atoms with van der Waals surface area (Å²) in [5, 5.41) is 17.7. The second kappa shape index (κ2) is 5.87. The standard InChI is InChI=1S/C17H21N7/c1-22(2)15-10-23(11-16(15)24-7-6-19-21-24)17-13(9-18)8-12-4-3-5-14(12)20-17/h6-8,15-16H,3-5,10-11H2,1-2H3/t15-,16+/m1/s1. The smallest absolute Gasteiger partial charge is 0.146 e. The van der Waals surface area contributed by atoms with Crippen molar-refractivity contribution in [3.05, 3.63) is 35.3 Å². The molecule has 1 aliphatic carbocycles. The molecule has 7 nitrogen and oxygen atoms in total. The molecular weight excluding hydrogens is 302 g/mol. The Labute approximate surface area is 141 Å². The molecule has 0 unspecified atom stereocenters. The first-order chi connectivity index (χ1) is 11.7. The number of nitriles is 1. The number of pyridine rings is 1. The lowest BCUT2D eigenvalue weighted by molar-refractivity contribution is 0.243. The minimum absolute atomic E-state index is 0.198. The highest BCUT2D eigenvalue weighted by Crippen LogP contribution is 2.32. The van der Waals surface area contributed by atoms with Gasteiger partial charge in [-0.1, -0.05) is 5.21 Å². The molecule has 1 fully saturated rings. The van der Waals surface area contributed by atoms with Crippen molar-refractivity contribution in [3.8, 4) is 6.07 Å². The van der Waals surface area contributed by atoms with Gasteiger partial charge in [0.1, 0.15) is 11.9 Å². The summed E-state index contributed by atoms with van der Waals surface area (Å²) in [5.41, 5.74) is 3.09. The number of hydrogen-bond acceptors (Lipinski definition) is 6. The molecule has 124 valence electrons. The molecule has 1 aliphatic heterocycles. The van der Waals surface area contributed by atoms with E-state index in [2.05, 4.69) is 40.3 Å². The SMILES string of the molecule is CN(C)[C@@H]1CN(c2nc3c(cc2C#N)CCC3)C[C@@H]1n1ccnn1. The van der Waals surface area contributed by atoms with Crippen molar-refractivity contribution in [3.63, 3.8) is 0 Å². The first kappa shape index (κ1) is 15.1. The van der Waals surface area contributed by atoms with Gasteiger partial charge in [-0.15, -0.1) is 5.10 Å². The maximum absolute atomic E-state index is 9.58. The van der Waals surface area contributed by atoms with E-state index in [-0.39, 0.29) is 6.04 Å². The molecule has 0 amide bonds. The fourth-order valence-electron chi connectivity index (χ4n) is 3.89. The summed E-state index contributed by atoms with van der Waals surface area (Å²) < 4.78 is 1.92. The van der Waals surface area contributed by atoms with Crippen molar-refractivity contribution in [1.29, 1.82) is 5.26 Å². The molecule has 0 saturated carbocycles. The van der Waals surface area contributed by atoms with Crippen molar-refractivity contribution < 1.29 is 0 Å². The van der Waals surface area contributed by atoms with Gasteiger partial charge in [-0.25, -0.2) is 9.67 Å². The quantitative estimate of drug-likeness (QED) is 0.840. The third kappa shape index (κ3) is 2.43. The molecule has 0 radical (unpaired) electrons. The van der Waals surface area contributed by atoms with Gasteiger partial charge in [0.2, 0.25) is 0 Å². The fraction of sp³-hybridized carbons (Fsp3) is 0.529. The third-order valence-corrected chi connectivity index (χ3v) is 5.15. The van der Waals surface area contributed by atoms with Crippen molar-refractivity contribution in [1.82, 2.24) is 24.9 Å². The van der Waals surface area contributed by atoms with Gasteiger partial charge >= 0.3 is 0 Å². The molecule has 0 N–H and O–H groups in total. The van der Waals surface area contributed by atoms with E-state index >= 15 is 0 Å². The Kier molecular flexibility index (Phi) is 3.69. The number of aryl methyl sites for hydroxylation is 2. The van der Waals surface area contributed by atoms with Gasteiger partial charge in [-0.3, -0.25) is 0 Å². The van der Waals surface area contributed by atoms with Gasteiger partial charge in [0.05, 0.1) is 23.8 Å². The van der Waals surface area contributed by atoms with Gasteiger partial charge in [0, 0.05) is 25.0 Å². The van der Waals surface area contributed by atoms with E-state index in [9.17, 15) is 5.26 Å². The first-order valence-electron chi connectivity index (χ1n) is 8.37. The summed E-state index contributed by atoms with van der Waals surface area (Å²) in [6, 6.07) is 4.88. The fourth-order valence-corrected chi connectivity index (χ4v) is 3.89. The average Bonchev–Trinajstić information content (AvgIpc) is 3.31. The monoisotopic (exact) mass is 323 g/mol. The van der Waals surface area contributed by atoms with Crippen LogP contribution >= 0.6 is 0 Å². The Balaban J connectivity index is 1.69. The number of hydrogen-bond donors (Lipinski definition) is 0. The maximum atomic E-state index is 9.58. The summed E-state index contributed by atoms with van der Waals surface area (Å²) in [7, 11) is 4.17. The van der Waals surface area contributed by atoms with Crippen LogP contribution in [0.3, 0.4) is 0 Å². The number of likely N-dealkylation sites (N-methyl/N-ethyl adjacent to an activating group) is 1. The Morgan fingerprint density at radius 2 is 2.17 bits per heavy atom. The number of rotatable bonds is 3. The first-order valence-corrected chi connectivity index (χ1v) is 8.37. The summed E-state index contributed by atoms with van der Waals surface area (Å²) in [5.74, 6) is 0.826. The normalized spacial score (nSPS) is 22.8. The highest BCUT2D eigenvalue weighted by Gasteiger charge is 2.37. The minimum atomic E-state index is 0.198. The van der Waals surface area contributed by atoms with Crippen LogP contribution in [-0.2, 0) is 12.8 Å². The van der Waals surface area contributed by atoms with Crippen molar-refractivity contribution in [2.75, 3.05) is 32.1 Å². The van der Waals surface area contributed by atoms with E-state index < -0.39 is 0 Å². The Hall–Kier alpha value is -2.46. The van der Waals surface area contributed by atoms with E-state index in [0.29, 0.717) is 11.6 Å². The highest BCUT2D eigenvalue weighted by atomic mass is 15.5. The maximum Gasteiger partial charge on any atom is 0.146 e. The third-order valence-electron chi connectivity index (χ3n) is 5.15. The predicted molar refractivity (Wildman–Crippen MR) is 89.7 cm³/mol. The lowest BCUT2D eigenvalue weighted by Crippen LogP contribution is -2.36. The number of aromatic nitrogens is 4. The summed E-state index contributed by atoms with van der Waals surface area (Å²) in [4.78, 5) is 9.30. The molecule has 1 saturated heterocycles. The molecule has 2 aromatic rings. The molecule has 2 aromatic heterocycles. The van der Waals surface area contributed by atoms with Crippen LogP contribution < -0.4 is 4.90 Å². The Morgan fingerprint density at radius 1 is 1.29 bits per heavy atom. The Morgan fingerprint density at radius 3 is 2.88 bits per heavy atom. The highest BCUT2D eigenvalue weighted by molar-refractivity contribution is 5.57. The van der Waals surface area contributed by atoms with Gasteiger partial charge < -0.3 is 9.80 Å². The van der Waals surface area contributed by atoms with Crippen LogP contribution in [0, 0.1) is 11.3 Å². The molecule has 2 aliphatic rings. The molecule has 0 spiro atoms. The molecule has 3 heterocycles. The van der Waals surface area contributed by atoms with Gasteiger partial charge in [0.15, 0.2) is 0 Å². The zero-order chi connectivity index (χ0) is 16.7. The number of nitrogens with zero attached hydrogens (tertiary/aromatic N) is 7. The molecule has 0 bridgehead atoms. The zero-order valence-corrected chi connectivity index (χ0v) is 14.1. The lowest BCUT2D eigenvalue weighted by Gasteiger charge is -2.24. The van der Waals surface area contributed by atoms with E-state index in [1.54, 1.807) is 6.20 Å². The topological polar surface area (TPSA) is 73.9 Å². The average molecular weight is 323 g/mol. The van der Waals surface area contributed by atoms with E-state index in [0.717, 1.165) is 43.9 Å². The van der Waals surface area contributed by atoms with Crippen LogP contribution in [0.5, 0.6) is 0 Å². The van der Waals surface area contributed by atoms with Crippen molar-refractivity contribution in [2.24, 2.45) is 0 Å². The summed E-state index contributed by atoms with van der Waals surface area (Å²) >= 11 is 0. The van der Waals surface area contributed by atoms with Crippen LogP contribution in [0.4, 0.5) is 5.82 Å². The van der Waals surface area contributed by atoms with E-state index in [1.165, 1.54) is 5.56 Å². The summed E-state index contributed by atoms with van der Waals surface area (Å²) in [6.07, 6.45) is 6.82. The lowest BCUT2D eigenvalue weighted by atomic mass is 10.1. The molecule has 4 rings (SSSR count). The van der Waals surface area contributed by atoms with Crippen molar-refractivity contribution in [2.45, 2.75) is 31.3 Å². The van der Waals surface area contributed by atoms with E-state index in [4.69, 9.17) is 4.98 Å². The molecule has 7 heteroatoms. The number of anilines is 1. The van der Waals surface area contributed by atoms with Crippen LogP contribution in [0.15, 0.2) is 18.5 Å². The van der Waals surface area contributed by atoms with Crippen LogP contribution in [0.25, 0.3) is 0 Å². The van der Waals surface area contributed by atoms with Crippen molar-refractivity contribution >= 4 is 5.82 Å². The Bertz CT molecular complexity index is 775. The van der Waals surface area contributed by atoms with Gasteiger partial charge in [-0.05, 0) is 45.0 Å². The van der Waals surface area contributed by atoms with Gasteiger partial charge in [-0.2, -0.15) is 5.26 Å².